The van der Waals surface area contributed by atoms with Gasteiger partial charge in [0.2, 0.25) is 11.6 Å². The number of allylic oxidation sites excluding steroid dienone is 1. The fourth-order valence-corrected chi connectivity index (χ4v) is 2.28. The highest BCUT2D eigenvalue weighted by Crippen LogP contribution is 2.28. The maximum absolute atomic E-state index is 12.0. The molecule has 0 saturated carbocycles. The molecule has 0 heterocycles. The van der Waals surface area contributed by atoms with E-state index in [0.29, 0.717) is 31.7 Å². The maximum atomic E-state index is 12.0. The van der Waals surface area contributed by atoms with Crippen LogP contribution in [0.2, 0.25) is 0 Å². The molecular formula is C17H20N2O5. The molecule has 7 nitrogen and oxygen atoms in total. The Morgan fingerprint density at radius 1 is 1.21 bits per heavy atom. The van der Waals surface area contributed by atoms with Gasteiger partial charge in [-0.05, 0) is 24.6 Å². The summed E-state index contributed by atoms with van der Waals surface area (Å²) in [5.74, 6) is -1.07. The normalized spacial score (nSPS) is 14.8. The Bertz CT molecular complexity index is 682. The second-order valence-corrected chi connectivity index (χ2v) is 5.31. The van der Waals surface area contributed by atoms with Gasteiger partial charge in [0.05, 0.1) is 12.9 Å². The summed E-state index contributed by atoms with van der Waals surface area (Å²) in [5.41, 5.74) is 0.505. The number of hydrogen-bond donors (Lipinski definition) is 3. The fourth-order valence-electron chi connectivity index (χ4n) is 2.28. The number of rotatable bonds is 7. The van der Waals surface area contributed by atoms with Gasteiger partial charge in [-0.25, -0.2) is 4.79 Å². The second-order valence-electron chi connectivity index (χ2n) is 5.31. The summed E-state index contributed by atoms with van der Waals surface area (Å²) in [6.07, 6.45) is 2.56. The second kappa shape index (κ2) is 8.26. The number of carbonyl (C=O) groups excluding carboxylic acids is 3. The van der Waals surface area contributed by atoms with Gasteiger partial charge < -0.3 is 20.5 Å². The molecule has 0 unspecified atom stereocenters. The standard InChI is InChI=1S/C17H20N2O5/c1-2-3-7-24-8-6-18-17(23)19-11-4-5-12-13(9-11)16(22)14(10-20)15(12)21/h4-5,9-10,20H,2-3,6-8H2,1H3,(H2,18,19,23)/b14-10-. The van der Waals surface area contributed by atoms with E-state index in [1.54, 1.807) is 0 Å². The van der Waals surface area contributed by atoms with Crippen molar-refractivity contribution < 1.29 is 24.2 Å². The summed E-state index contributed by atoms with van der Waals surface area (Å²) >= 11 is 0. The van der Waals surface area contributed by atoms with Gasteiger partial charge in [0.15, 0.2) is 0 Å². The Morgan fingerprint density at radius 3 is 2.67 bits per heavy atom. The van der Waals surface area contributed by atoms with Crippen LogP contribution in [0.3, 0.4) is 0 Å². The number of benzene rings is 1. The molecule has 1 aromatic carbocycles. The van der Waals surface area contributed by atoms with E-state index < -0.39 is 17.6 Å². The maximum Gasteiger partial charge on any atom is 0.319 e. The molecule has 0 aromatic heterocycles. The molecule has 7 heteroatoms. The first-order valence-electron chi connectivity index (χ1n) is 7.79. The fraction of sp³-hybridized carbons (Fsp3) is 0.353. The minimum absolute atomic E-state index is 0.168. The van der Waals surface area contributed by atoms with Crippen LogP contribution < -0.4 is 10.6 Å². The van der Waals surface area contributed by atoms with Gasteiger partial charge >= 0.3 is 6.03 Å². The van der Waals surface area contributed by atoms with Crippen LogP contribution >= 0.6 is 0 Å². The lowest BCUT2D eigenvalue weighted by molar-refractivity contribution is 0.0984. The Kier molecular flexibility index (Phi) is 6.08. The van der Waals surface area contributed by atoms with Crippen LogP contribution in [-0.4, -0.2) is 42.5 Å². The van der Waals surface area contributed by atoms with Crippen LogP contribution in [0.5, 0.6) is 0 Å². The average molecular weight is 332 g/mol. The molecule has 2 amide bonds. The van der Waals surface area contributed by atoms with E-state index in [9.17, 15) is 14.4 Å². The first-order valence-corrected chi connectivity index (χ1v) is 7.79. The number of aliphatic hydroxyl groups is 1. The summed E-state index contributed by atoms with van der Waals surface area (Å²) in [5, 5.41) is 14.2. The lowest BCUT2D eigenvalue weighted by atomic mass is 10.1. The number of unbranched alkanes of at least 4 members (excludes halogenated alkanes) is 1. The Morgan fingerprint density at radius 2 is 1.96 bits per heavy atom. The minimum atomic E-state index is -0.550. The summed E-state index contributed by atoms with van der Waals surface area (Å²) < 4.78 is 5.33. The van der Waals surface area contributed by atoms with E-state index in [2.05, 4.69) is 17.6 Å². The van der Waals surface area contributed by atoms with Crippen LogP contribution in [0, 0.1) is 0 Å². The molecule has 128 valence electrons. The quantitative estimate of drug-likeness (QED) is 0.308. The van der Waals surface area contributed by atoms with Crippen LogP contribution in [0.1, 0.15) is 40.5 Å². The highest BCUT2D eigenvalue weighted by Gasteiger charge is 2.33. The van der Waals surface area contributed by atoms with E-state index in [1.807, 2.05) is 0 Å². The van der Waals surface area contributed by atoms with Gasteiger partial charge in [0, 0.05) is 30.0 Å². The van der Waals surface area contributed by atoms with E-state index in [-0.39, 0.29) is 16.7 Å². The molecule has 0 radical (unpaired) electrons. The number of nitrogens with one attached hydrogen (secondary N) is 2. The number of anilines is 1. The number of ketones is 2. The minimum Gasteiger partial charge on any atom is -0.515 e. The van der Waals surface area contributed by atoms with E-state index in [4.69, 9.17) is 9.84 Å². The number of amides is 2. The number of hydrogen-bond acceptors (Lipinski definition) is 5. The molecule has 2 rings (SSSR count). The van der Waals surface area contributed by atoms with E-state index >= 15 is 0 Å². The molecule has 1 aromatic rings. The Hall–Kier alpha value is -2.67. The van der Waals surface area contributed by atoms with Crippen LogP contribution in [0.4, 0.5) is 10.5 Å². The van der Waals surface area contributed by atoms with Gasteiger partial charge in [-0.2, -0.15) is 0 Å². The molecule has 0 atom stereocenters. The lowest BCUT2D eigenvalue weighted by Gasteiger charge is -2.09. The topological polar surface area (TPSA) is 105 Å². The predicted molar refractivity (Wildman–Crippen MR) is 88.6 cm³/mol. The molecule has 0 bridgehead atoms. The van der Waals surface area contributed by atoms with Crippen LogP contribution in [-0.2, 0) is 4.74 Å². The molecule has 1 aliphatic rings. The zero-order valence-electron chi connectivity index (χ0n) is 13.4. The molecule has 1 aliphatic carbocycles. The van der Waals surface area contributed by atoms with Gasteiger partial charge in [-0.15, -0.1) is 0 Å². The zero-order valence-corrected chi connectivity index (χ0v) is 13.4. The number of Topliss-reactive ketones (excluding diaryl/α,β-unsaturated/α-hetero) is 2. The van der Waals surface area contributed by atoms with Gasteiger partial charge in [-0.1, -0.05) is 13.3 Å². The first kappa shape index (κ1) is 17.7. The molecule has 0 fully saturated rings. The molecular weight excluding hydrogens is 312 g/mol. The zero-order chi connectivity index (χ0) is 17.5. The third-order valence-electron chi connectivity index (χ3n) is 3.56. The molecule has 0 spiro atoms. The van der Waals surface area contributed by atoms with E-state index in [1.165, 1.54) is 18.2 Å². The van der Waals surface area contributed by atoms with Crippen molar-refractivity contribution in [3.8, 4) is 0 Å². The number of fused-ring (bicyclic) bond motifs is 1. The summed E-state index contributed by atoms with van der Waals surface area (Å²) in [4.78, 5) is 35.6. The van der Waals surface area contributed by atoms with Crippen molar-refractivity contribution >= 4 is 23.3 Å². The monoisotopic (exact) mass is 332 g/mol. The molecule has 0 saturated heterocycles. The summed E-state index contributed by atoms with van der Waals surface area (Å²) in [6.45, 7) is 3.54. The third kappa shape index (κ3) is 3.99. The lowest BCUT2D eigenvalue weighted by Crippen LogP contribution is -2.31. The van der Waals surface area contributed by atoms with Crippen molar-refractivity contribution in [2.45, 2.75) is 19.8 Å². The van der Waals surface area contributed by atoms with Crippen molar-refractivity contribution in [3.63, 3.8) is 0 Å². The number of carbonyl (C=O) groups is 3. The van der Waals surface area contributed by atoms with Crippen molar-refractivity contribution in [1.82, 2.24) is 5.32 Å². The van der Waals surface area contributed by atoms with Gasteiger partial charge in [-0.3, -0.25) is 9.59 Å². The molecule has 24 heavy (non-hydrogen) atoms. The van der Waals surface area contributed by atoms with Crippen molar-refractivity contribution in [2.75, 3.05) is 25.1 Å². The SMILES string of the molecule is CCCCOCCNC(=O)Nc1ccc2c(c1)C(=O)/C(=C\O)C2=O. The largest absolute Gasteiger partial charge is 0.515 e. The number of urea groups is 1. The first-order chi connectivity index (χ1) is 11.6. The Balaban J connectivity index is 1.89. The summed E-state index contributed by atoms with van der Waals surface area (Å²) in [7, 11) is 0. The third-order valence-corrected chi connectivity index (χ3v) is 3.56. The number of aliphatic hydroxyl groups excluding tert-OH is 1. The van der Waals surface area contributed by atoms with Crippen molar-refractivity contribution in [1.29, 1.82) is 0 Å². The summed E-state index contributed by atoms with van der Waals surface area (Å²) in [6, 6.07) is 3.98. The van der Waals surface area contributed by atoms with Crippen LogP contribution in [0.15, 0.2) is 30.0 Å². The highest BCUT2D eigenvalue weighted by atomic mass is 16.5. The van der Waals surface area contributed by atoms with E-state index in [0.717, 1.165) is 12.8 Å². The van der Waals surface area contributed by atoms with Crippen molar-refractivity contribution in [3.05, 3.63) is 41.2 Å². The predicted octanol–water partition coefficient (Wildman–Crippen LogP) is 2.45. The highest BCUT2D eigenvalue weighted by molar-refractivity contribution is 6.39. The Labute approximate surface area is 139 Å². The van der Waals surface area contributed by atoms with Gasteiger partial charge in [0.25, 0.3) is 0 Å². The van der Waals surface area contributed by atoms with Crippen LogP contribution in [0.25, 0.3) is 0 Å². The molecule has 3 N–H and O–H groups in total. The smallest absolute Gasteiger partial charge is 0.319 e. The average Bonchev–Trinajstić information content (AvgIpc) is 2.81. The molecule has 0 aliphatic heterocycles. The van der Waals surface area contributed by atoms with Gasteiger partial charge in [0.1, 0.15) is 5.57 Å². The van der Waals surface area contributed by atoms with Crippen molar-refractivity contribution in [2.24, 2.45) is 0 Å². The number of ether oxygens (including phenoxy) is 1.